The van der Waals surface area contributed by atoms with Crippen LogP contribution in [0.25, 0.3) is 11.0 Å². The summed E-state index contributed by atoms with van der Waals surface area (Å²) in [6.07, 6.45) is 3.11. The zero-order valence-corrected chi connectivity index (χ0v) is 5.89. The van der Waals surface area contributed by atoms with Gasteiger partial charge >= 0.3 is 6.01 Å². The maximum Gasteiger partial charge on any atom is 0.314 e. The van der Waals surface area contributed by atoms with Gasteiger partial charge in [-0.25, -0.2) is 4.98 Å². The summed E-state index contributed by atoms with van der Waals surface area (Å²) in [7, 11) is 1.79. The summed E-state index contributed by atoms with van der Waals surface area (Å²) in [4.78, 5) is 7.38. The number of hydrogen-bond acceptors (Lipinski definition) is 4. The molecule has 5 heteroatoms. The van der Waals surface area contributed by atoms with E-state index in [1.807, 2.05) is 0 Å². The zero-order valence-electron chi connectivity index (χ0n) is 5.89. The summed E-state index contributed by atoms with van der Waals surface area (Å²) in [5.41, 5.74) is 1.46. The normalized spacial score (nSPS) is 10.6. The molecule has 2 aromatic rings. The minimum atomic E-state index is -0.217. The molecule has 0 aliphatic rings. The van der Waals surface area contributed by atoms with Gasteiger partial charge in [0.05, 0.1) is 12.4 Å². The lowest BCUT2D eigenvalue weighted by Gasteiger charge is -1.91. The van der Waals surface area contributed by atoms with E-state index >= 15 is 0 Å². The molecule has 5 nitrogen and oxygen atoms in total. The molecule has 56 valence electrons. The molecule has 0 saturated carbocycles. The Balaban J connectivity index is 2.86. The molecule has 0 fully saturated rings. The van der Waals surface area contributed by atoms with Gasteiger partial charge < -0.3 is 5.11 Å². The lowest BCUT2D eigenvalue weighted by atomic mass is 10.5. The molecule has 0 atom stereocenters. The van der Waals surface area contributed by atoms with Crippen LogP contribution in [0.2, 0.25) is 0 Å². The number of aryl methyl sites for hydroxylation is 1. The van der Waals surface area contributed by atoms with Crippen molar-refractivity contribution >= 4 is 11.0 Å². The molecule has 0 spiro atoms. The Kier molecular flexibility index (Phi) is 1.06. The lowest BCUT2D eigenvalue weighted by molar-refractivity contribution is 0.433. The second-order valence-corrected chi connectivity index (χ2v) is 2.21. The fourth-order valence-electron chi connectivity index (χ4n) is 0.927. The van der Waals surface area contributed by atoms with Crippen molar-refractivity contribution in [2.24, 2.45) is 7.05 Å². The maximum absolute atomic E-state index is 8.88. The first-order chi connectivity index (χ1) is 5.27. The standard InChI is InChI=1S/C6H6N4O/c1-10-5-3-7-6(11)9-4(5)2-8-10/h2-3H,1H3,(H,7,9,11). The monoisotopic (exact) mass is 150 g/mol. The topological polar surface area (TPSA) is 63.8 Å². The Morgan fingerprint density at radius 1 is 1.45 bits per heavy atom. The molecule has 2 rings (SSSR count). The van der Waals surface area contributed by atoms with Gasteiger partial charge in [0.15, 0.2) is 0 Å². The van der Waals surface area contributed by atoms with Crippen molar-refractivity contribution in [3.8, 4) is 6.01 Å². The third-order valence-electron chi connectivity index (χ3n) is 1.49. The average molecular weight is 150 g/mol. The van der Waals surface area contributed by atoms with Crippen molar-refractivity contribution in [3.63, 3.8) is 0 Å². The number of nitrogens with zero attached hydrogens (tertiary/aromatic N) is 4. The van der Waals surface area contributed by atoms with Crippen LogP contribution in [0.15, 0.2) is 12.4 Å². The van der Waals surface area contributed by atoms with Crippen LogP contribution in [0.5, 0.6) is 6.01 Å². The third-order valence-corrected chi connectivity index (χ3v) is 1.49. The smallest absolute Gasteiger partial charge is 0.314 e. The maximum atomic E-state index is 8.88. The van der Waals surface area contributed by atoms with Crippen LogP contribution in [-0.4, -0.2) is 24.9 Å². The van der Waals surface area contributed by atoms with Crippen molar-refractivity contribution in [3.05, 3.63) is 12.4 Å². The Morgan fingerprint density at radius 3 is 3.09 bits per heavy atom. The fraction of sp³-hybridized carbons (Fsp3) is 0.167. The van der Waals surface area contributed by atoms with Gasteiger partial charge in [0.2, 0.25) is 0 Å². The summed E-state index contributed by atoms with van der Waals surface area (Å²) >= 11 is 0. The van der Waals surface area contributed by atoms with Gasteiger partial charge in [-0.15, -0.1) is 0 Å². The third kappa shape index (κ3) is 0.813. The van der Waals surface area contributed by atoms with Crippen molar-refractivity contribution in [1.29, 1.82) is 0 Å². The van der Waals surface area contributed by atoms with E-state index in [-0.39, 0.29) is 6.01 Å². The van der Waals surface area contributed by atoms with Crippen LogP contribution >= 0.6 is 0 Å². The molecule has 0 aliphatic carbocycles. The second kappa shape index (κ2) is 1.91. The van der Waals surface area contributed by atoms with E-state index in [4.69, 9.17) is 5.11 Å². The number of aromatic nitrogens is 4. The van der Waals surface area contributed by atoms with E-state index in [0.29, 0.717) is 5.52 Å². The zero-order chi connectivity index (χ0) is 7.84. The number of aromatic hydroxyl groups is 1. The first-order valence-electron chi connectivity index (χ1n) is 3.11. The Morgan fingerprint density at radius 2 is 2.27 bits per heavy atom. The largest absolute Gasteiger partial charge is 0.479 e. The van der Waals surface area contributed by atoms with Crippen molar-refractivity contribution < 1.29 is 5.11 Å². The molecular formula is C6H6N4O. The van der Waals surface area contributed by atoms with Crippen molar-refractivity contribution in [2.75, 3.05) is 0 Å². The summed E-state index contributed by atoms with van der Waals surface area (Å²) in [6, 6.07) is -0.217. The van der Waals surface area contributed by atoms with E-state index < -0.39 is 0 Å². The van der Waals surface area contributed by atoms with Crippen LogP contribution in [0.3, 0.4) is 0 Å². The van der Waals surface area contributed by atoms with E-state index in [2.05, 4.69) is 15.1 Å². The SMILES string of the molecule is Cn1ncc2nc(O)ncc21. The molecule has 0 bridgehead atoms. The number of fused-ring (bicyclic) bond motifs is 1. The van der Waals surface area contributed by atoms with Crippen molar-refractivity contribution in [1.82, 2.24) is 19.7 Å². The van der Waals surface area contributed by atoms with Gasteiger partial charge in [0, 0.05) is 7.05 Å². The predicted octanol–water partition coefficient (Wildman–Crippen LogP) is 0.0689. The molecule has 1 N–H and O–H groups in total. The van der Waals surface area contributed by atoms with Gasteiger partial charge in [-0.1, -0.05) is 0 Å². The summed E-state index contributed by atoms with van der Waals surface area (Å²) in [6.45, 7) is 0. The number of hydrogen-bond donors (Lipinski definition) is 1. The number of rotatable bonds is 0. The van der Waals surface area contributed by atoms with Crippen molar-refractivity contribution in [2.45, 2.75) is 0 Å². The van der Waals surface area contributed by atoms with Gasteiger partial charge in [-0.05, 0) is 0 Å². The van der Waals surface area contributed by atoms with E-state index in [0.717, 1.165) is 5.52 Å². The van der Waals surface area contributed by atoms with Crippen LogP contribution in [-0.2, 0) is 7.05 Å². The van der Waals surface area contributed by atoms with Crippen LogP contribution in [0.1, 0.15) is 0 Å². The fourth-order valence-corrected chi connectivity index (χ4v) is 0.927. The minimum absolute atomic E-state index is 0.217. The van der Waals surface area contributed by atoms with Crippen LogP contribution in [0.4, 0.5) is 0 Å². The minimum Gasteiger partial charge on any atom is -0.479 e. The predicted molar refractivity (Wildman–Crippen MR) is 38.0 cm³/mol. The highest BCUT2D eigenvalue weighted by Gasteiger charge is 2.00. The quantitative estimate of drug-likeness (QED) is 0.577. The Bertz CT molecular complexity index is 394. The van der Waals surface area contributed by atoms with Gasteiger partial charge in [-0.2, -0.15) is 10.1 Å². The Labute approximate surface area is 62.3 Å². The summed E-state index contributed by atoms with van der Waals surface area (Å²) in [5.74, 6) is 0. The van der Waals surface area contributed by atoms with Gasteiger partial charge in [-0.3, -0.25) is 4.68 Å². The molecule has 0 unspecified atom stereocenters. The van der Waals surface area contributed by atoms with E-state index in [1.54, 1.807) is 17.9 Å². The first kappa shape index (κ1) is 6.09. The van der Waals surface area contributed by atoms with Gasteiger partial charge in [0.1, 0.15) is 11.0 Å². The van der Waals surface area contributed by atoms with E-state index in [1.165, 1.54) is 6.20 Å². The lowest BCUT2D eigenvalue weighted by Crippen LogP contribution is -1.89. The molecule has 0 amide bonds. The highest BCUT2D eigenvalue weighted by molar-refractivity contribution is 5.72. The van der Waals surface area contributed by atoms with Crippen LogP contribution < -0.4 is 0 Å². The van der Waals surface area contributed by atoms with Crippen LogP contribution in [0, 0.1) is 0 Å². The second-order valence-electron chi connectivity index (χ2n) is 2.21. The highest BCUT2D eigenvalue weighted by Crippen LogP contribution is 2.10. The molecule has 2 aromatic heterocycles. The molecular weight excluding hydrogens is 144 g/mol. The molecule has 0 aromatic carbocycles. The Hall–Kier alpha value is -1.65. The average Bonchev–Trinajstić information content (AvgIpc) is 2.32. The molecule has 0 aliphatic heterocycles. The summed E-state index contributed by atoms with van der Waals surface area (Å²) < 4.78 is 1.65. The molecule has 0 saturated heterocycles. The molecule has 0 radical (unpaired) electrons. The highest BCUT2D eigenvalue weighted by atomic mass is 16.3. The van der Waals surface area contributed by atoms with Gasteiger partial charge in [0.25, 0.3) is 0 Å². The van der Waals surface area contributed by atoms with E-state index in [9.17, 15) is 0 Å². The first-order valence-corrected chi connectivity index (χ1v) is 3.11. The molecule has 11 heavy (non-hydrogen) atoms. The molecule has 2 heterocycles. The summed E-state index contributed by atoms with van der Waals surface area (Å²) in [5, 5.41) is 12.8.